The predicted molar refractivity (Wildman–Crippen MR) is 106 cm³/mol. The number of hydrogen-bond acceptors (Lipinski definition) is 8. The van der Waals surface area contributed by atoms with E-state index in [1.807, 2.05) is 4.90 Å². The van der Waals surface area contributed by atoms with Gasteiger partial charge in [0.2, 0.25) is 5.13 Å². The lowest BCUT2D eigenvalue weighted by Gasteiger charge is -2.28. The van der Waals surface area contributed by atoms with Crippen LogP contribution >= 0.6 is 11.3 Å². The van der Waals surface area contributed by atoms with Crippen LogP contribution in [0.1, 0.15) is 15.9 Å². The fourth-order valence-electron chi connectivity index (χ4n) is 2.81. The van der Waals surface area contributed by atoms with Crippen LogP contribution in [0.15, 0.2) is 42.6 Å². The molecule has 10 heteroatoms. The number of anilines is 2. The first-order valence-corrected chi connectivity index (χ1v) is 9.80. The minimum absolute atomic E-state index is 0.229. The highest BCUT2D eigenvalue weighted by Crippen LogP contribution is 2.25. The average molecular weight is 415 g/mol. The van der Waals surface area contributed by atoms with E-state index in [4.69, 9.17) is 9.47 Å². The van der Waals surface area contributed by atoms with E-state index in [0.717, 1.165) is 16.9 Å². The van der Waals surface area contributed by atoms with Gasteiger partial charge in [0.05, 0.1) is 18.8 Å². The van der Waals surface area contributed by atoms with E-state index in [-0.39, 0.29) is 18.3 Å². The molecular formula is C19H18FN5O3S. The molecule has 1 amide bonds. The summed E-state index contributed by atoms with van der Waals surface area (Å²) in [5, 5.41) is 11.2. The fraction of sp³-hybridized carbons (Fsp3) is 0.263. The van der Waals surface area contributed by atoms with Crippen LogP contribution in [0.2, 0.25) is 0 Å². The van der Waals surface area contributed by atoms with Gasteiger partial charge in [-0.25, -0.2) is 9.37 Å². The molecule has 1 aromatic carbocycles. The Morgan fingerprint density at radius 2 is 2.00 bits per heavy atom. The summed E-state index contributed by atoms with van der Waals surface area (Å²) in [4.78, 5) is 19.1. The van der Waals surface area contributed by atoms with Gasteiger partial charge < -0.3 is 14.4 Å². The number of pyridine rings is 1. The van der Waals surface area contributed by atoms with Gasteiger partial charge >= 0.3 is 0 Å². The van der Waals surface area contributed by atoms with Crippen molar-refractivity contribution in [2.24, 2.45) is 0 Å². The molecule has 0 aliphatic carbocycles. The number of aromatic nitrogens is 3. The number of carbonyl (C=O) groups excluding carboxylic acids is 1. The van der Waals surface area contributed by atoms with Crippen LogP contribution in [0.25, 0.3) is 0 Å². The van der Waals surface area contributed by atoms with E-state index in [9.17, 15) is 9.18 Å². The Morgan fingerprint density at radius 3 is 2.79 bits per heavy atom. The van der Waals surface area contributed by atoms with E-state index >= 15 is 0 Å². The van der Waals surface area contributed by atoms with Crippen LogP contribution in [-0.2, 0) is 11.3 Å². The Morgan fingerprint density at radius 1 is 1.21 bits per heavy atom. The molecule has 4 rings (SSSR count). The second-order valence-corrected chi connectivity index (χ2v) is 7.16. The van der Waals surface area contributed by atoms with Crippen LogP contribution in [0.5, 0.6) is 5.19 Å². The van der Waals surface area contributed by atoms with Gasteiger partial charge in [0.1, 0.15) is 18.2 Å². The van der Waals surface area contributed by atoms with E-state index in [0.29, 0.717) is 48.0 Å². The number of carbonyl (C=O) groups is 1. The Balaban J connectivity index is 1.40. The average Bonchev–Trinajstić information content (AvgIpc) is 3.21. The number of ether oxygens (including phenoxy) is 2. The Hall–Kier alpha value is -3.11. The third-order valence-electron chi connectivity index (χ3n) is 4.24. The Labute approximate surface area is 170 Å². The third kappa shape index (κ3) is 4.84. The highest BCUT2D eigenvalue weighted by atomic mass is 32.1. The number of amides is 1. The number of benzene rings is 1. The molecule has 2 aromatic heterocycles. The molecule has 29 heavy (non-hydrogen) atoms. The quantitative estimate of drug-likeness (QED) is 0.662. The van der Waals surface area contributed by atoms with Gasteiger partial charge in [0, 0.05) is 19.3 Å². The van der Waals surface area contributed by atoms with Crippen LogP contribution in [-0.4, -0.2) is 47.4 Å². The first-order valence-electron chi connectivity index (χ1n) is 8.99. The van der Waals surface area contributed by atoms with Crippen LogP contribution in [0.4, 0.5) is 15.3 Å². The summed E-state index contributed by atoms with van der Waals surface area (Å²) < 4.78 is 23.9. The normalized spacial score (nSPS) is 13.9. The minimum atomic E-state index is -0.319. The van der Waals surface area contributed by atoms with Gasteiger partial charge in [0.15, 0.2) is 0 Å². The van der Waals surface area contributed by atoms with Crippen molar-refractivity contribution >= 4 is 28.2 Å². The molecule has 1 aliphatic rings. The van der Waals surface area contributed by atoms with Crippen molar-refractivity contribution in [3.63, 3.8) is 0 Å². The molecule has 1 N–H and O–H groups in total. The number of hydrogen-bond donors (Lipinski definition) is 1. The summed E-state index contributed by atoms with van der Waals surface area (Å²) in [6, 6.07) is 9.44. The van der Waals surface area contributed by atoms with Gasteiger partial charge in [-0.15, -0.1) is 5.10 Å². The van der Waals surface area contributed by atoms with E-state index in [2.05, 4.69) is 20.5 Å². The Kier molecular flexibility index (Phi) is 5.92. The summed E-state index contributed by atoms with van der Waals surface area (Å²) in [6.07, 6.45) is 1.66. The molecule has 1 aliphatic heterocycles. The molecule has 0 saturated carbocycles. The lowest BCUT2D eigenvalue weighted by Crippen LogP contribution is -2.38. The molecule has 0 radical (unpaired) electrons. The van der Waals surface area contributed by atoms with Crippen LogP contribution in [0, 0.1) is 5.82 Å². The van der Waals surface area contributed by atoms with E-state index in [1.54, 1.807) is 30.5 Å². The summed E-state index contributed by atoms with van der Waals surface area (Å²) >= 11 is 1.12. The second-order valence-electron chi connectivity index (χ2n) is 6.22. The molecule has 0 atom stereocenters. The van der Waals surface area contributed by atoms with Gasteiger partial charge in [-0.3, -0.25) is 10.1 Å². The SMILES string of the molecule is O=C(Nc1nnc(OCc2ccc(F)cc2)s1)c1cccnc1N1CCOCC1. The standard InChI is InChI=1S/C19H18FN5O3S/c20-14-5-3-13(4-6-14)12-28-19-24-23-18(29-19)22-17(26)15-2-1-7-21-16(15)25-8-10-27-11-9-25/h1-7H,8-12H2,(H,22,23,26). The van der Waals surface area contributed by atoms with Crippen molar-refractivity contribution in [1.82, 2.24) is 15.2 Å². The number of morpholine rings is 1. The van der Waals surface area contributed by atoms with Gasteiger partial charge in [-0.1, -0.05) is 17.2 Å². The van der Waals surface area contributed by atoms with Gasteiger partial charge in [-0.05, 0) is 41.2 Å². The molecule has 0 spiro atoms. The van der Waals surface area contributed by atoms with E-state index in [1.165, 1.54) is 12.1 Å². The zero-order valence-corrected chi connectivity index (χ0v) is 16.2. The maximum atomic E-state index is 12.9. The maximum absolute atomic E-state index is 12.9. The summed E-state index contributed by atoms with van der Waals surface area (Å²) in [6.45, 7) is 2.78. The third-order valence-corrected chi connectivity index (χ3v) is 5.00. The van der Waals surface area contributed by atoms with Crippen LogP contribution < -0.4 is 15.0 Å². The van der Waals surface area contributed by atoms with Gasteiger partial charge in [0.25, 0.3) is 11.1 Å². The molecule has 0 bridgehead atoms. The van der Waals surface area contributed by atoms with Crippen molar-refractivity contribution in [2.45, 2.75) is 6.61 Å². The first kappa shape index (κ1) is 19.2. The highest BCUT2D eigenvalue weighted by Gasteiger charge is 2.21. The topological polar surface area (TPSA) is 89.5 Å². The first-order chi connectivity index (χ1) is 14.2. The molecule has 150 valence electrons. The number of nitrogens with one attached hydrogen (secondary N) is 1. The van der Waals surface area contributed by atoms with Crippen molar-refractivity contribution in [1.29, 1.82) is 0 Å². The lowest BCUT2D eigenvalue weighted by molar-refractivity contribution is 0.102. The van der Waals surface area contributed by atoms with E-state index < -0.39 is 0 Å². The summed E-state index contributed by atoms with van der Waals surface area (Å²) in [7, 11) is 0. The van der Waals surface area contributed by atoms with Crippen LogP contribution in [0.3, 0.4) is 0 Å². The molecule has 8 nitrogen and oxygen atoms in total. The smallest absolute Gasteiger partial charge is 0.296 e. The monoisotopic (exact) mass is 415 g/mol. The van der Waals surface area contributed by atoms with Crippen molar-refractivity contribution in [3.05, 3.63) is 59.5 Å². The fourth-order valence-corrected chi connectivity index (χ4v) is 3.40. The van der Waals surface area contributed by atoms with Gasteiger partial charge in [-0.2, -0.15) is 0 Å². The number of nitrogens with zero attached hydrogens (tertiary/aromatic N) is 4. The highest BCUT2D eigenvalue weighted by molar-refractivity contribution is 7.17. The second kappa shape index (κ2) is 8.93. The minimum Gasteiger partial charge on any atom is -0.464 e. The van der Waals surface area contributed by atoms with Crippen molar-refractivity contribution in [2.75, 3.05) is 36.5 Å². The molecule has 1 saturated heterocycles. The summed E-state index contributed by atoms with van der Waals surface area (Å²) in [5.74, 6) is -0.00654. The largest absolute Gasteiger partial charge is 0.464 e. The predicted octanol–water partition coefficient (Wildman–Crippen LogP) is 2.74. The lowest BCUT2D eigenvalue weighted by atomic mass is 10.2. The number of halogens is 1. The molecular weight excluding hydrogens is 397 g/mol. The molecule has 1 fully saturated rings. The summed E-state index contributed by atoms with van der Waals surface area (Å²) in [5.41, 5.74) is 1.26. The Bertz CT molecular complexity index is 976. The number of rotatable bonds is 6. The maximum Gasteiger partial charge on any atom is 0.296 e. The van der Waals surface area contributed by atoms with Crippen molar-refractivity contribution < 1.29 is 18.7 Å². The zero-order chi connectivity index (χ0) is 20.1. The van der Waals surface area contributed by atoms with Crippen molar-refractivity contribution in [3.8, 4) is 5.19 Å². The molecule has 3 heterocycles. The zero-order valence-electron chi connectivity index (χ0n) is 15.4. The molecule has 3 aromatic rings. The molecule has 0 unspecified atom stereocenters.